The molecule has 2 aromatic rings. The molecule has 3 amide bonds. The van der Waals surface area contributed by atoms with Crippen molar-refractivity contribution in [3.05, 3.63) is 53.6 Å². The van der Waals surface area contributed by atoms with E-state index in [0.717, 1.165) is 19.3 Å². The second-order valence-corrected chi connectivity index (χ2v) is 10.1. The predicted octanol–water partition coefficient (Wildman–Crippen LogP) is 2.58. The van der Waals surface area contributed by atoms with E-state index in [0.29, 0.717) is 35.6 Å². The van der Waals surface area contributed by atoms with Crippen LogP contribution in [-0.2, 0) is 19.6 Å². The summed E-state index contributed by atoms with van der Waals surface area (Å²) in [7, 11) is -3.63. The number of nitrogens with one attached hydrogen (secondary N) is 2. The average molecular weight is 471 g/mol. The number of carbonyl (C=O) groups is 3. The number of sulfonamides is 1. The number of carbonyl (C=O) groups excluding carboxylic acids is 3. The SMILES string of the molecule is Cc1ccc(NC(=O)c2ccc(N3NC(=O)CCC3=O)cc2)cc1S(=O)(=O)N1CCCCC1. The van der Waals surface area contributed by atoms with Crippen LogP contribution in [0.25, 0.3) is 0 Å². The Bertz CT molecular complexity index is 1190. The van der Waals surface area contributed by atoms with Crippen LogP contribution in [0.1, 0.15) is 48.0 Å². The Hall–Kier alpha value is -3.24. The standard InChI is InChI=1S/C23H26N4O5S/c1-16-5-8-18(15-20(16)33(31,32)26-13-3-2-4-14-26)24-23(30)17-6-9-19(10-7-17)27-22(29)12-11-21(28)25-27/h5-10,15H,2-4,11-14H2,1H3,(H,24,30)(H,25,28). The molecule has 2 saturated heterocycles. The van der Waals surface area contributed by atoms with E-state index in [1.807, 2.05) is 0 Å². The number of amides is 3. The van der Waals surface area contributed by atoms with Crippen molar-refractivity contribution in [2.45, 2.75) is 43.9 Å². The molecule has 2 aliphatic rings. The van der Waals surface area contributed by atoms with Gasteiger partial charge in [-0.2, -0.15) is 4.31 Å². The van der Waals surface area contributed by atoms with Gasteiger partial charge in [-0.25, -0.2) is 13.4 Å². The summed E-state index contributed by atoms with van der Waals surface area (Å²) in [5.41, 5.74) is 4.29. The number of rotatable bonds is 5. The molecule has 2 aliphatic heterocycles. The molecule has 10 heteroatoms. The van der Waals surface area contributed by atoms with Crippen LogP contribution < -0.4 is 15.8 Å². The van der Waals surface area contributed by atoms with Crippen LogP contribution in [0.4, 0.5) is 11.4 Å². The van der Waals surface area contributed by atoms with Gasteiger partial charge in [0.25, 0.3) is 5.91 Å². The minimum absolute atomic E-state index is 0.129. The van der Waals surface area contributed by atoms with E-state index in [1.165, 1.54) is 27.5 Å². The third kappa shape index (κ3) is 4.91. The molecule has 0 atom stereocenters. The normalized spacial score (nSPS) is 17.5. The second-order valence-electron chi connectivity index (χ2n) is 8.21. The zero-order chi connectivity index (χ0) is 23.6. The minimum atomic E-state index is -3.63. The van der Waals surface area contributed by atoms with Crippen LogP contribution in [0, 0.1) is 6.92 Å². The molecule has 4 rings (SSSR count). The molecule has 0 saturated carbocycles. The fourth-order valence-corrected chi connectivity index (χ4v) is 5.72. The fourth-order valence-electron chi connectivity index (χ4n) is 3.95. The number of aryl methyl sites for hydroxylation is 1. The van der Waals surface area contributed by atoms with Crippen LogP contribution in [-0.4, -0.2) is 43.5 Å². The van der Waals surface area contributed by atoms with E-state index in [1.54, 1.807) is 31.2 Å². The first-order chi connectivity index (χ1) is 15.8. The van der Waals surface area contributed by atoms with Crippen molar-refractivity contribution in [2.75, 3.05) is 23.4 Å². The zero-order valence-corrected chi connectivity index (χ0v) is 19.2. The highest BCUT2D eigenvalue weighted by atomic mass is 32.2. The zero-order valence-electron chi connectivity index (χ0n) is 18.3. The Labute approximate surface area is 192 Å². The molecule has 33 heavy (non-hydrogen) atoms. The molecular weight excluding hydrogens is 444 g/mol. The molecule has 2 heterocycles. The van der Waals surface area contributed by atoms with Gasteiger partial charge in [-0.15, -0.1) is 0 Å². The van der Waals surface area contributed by atoms with Gasteiger partial charge < -0.3 is 5.32 Å². The van der Waals surface area contributed by atoms with Crippen molar-refractivity contribution < 1.29 is 22.8 Å². The van der Waals surface area contributed by atoms with Crippen molar-refractivity contribution >= 4 is 39.1 Å². The lowest BCUT2D eigenvalue weighted by atomic mass is 10.1. The molecule has 9 nitrogen and oxygen atoms in total. The Morgan fingerprint density at radius 2 is 1.67 bits per heavy atom. The largest absolute Gasteiger partial charge is 0.322 e. The second kappa shape index (κ2) is 9.32. The number of anilines is 2. The van der Waals surface area contributed by atoms with Gasteiger partial charge >= 0.3 is 0 Å². The van der Waals surface area contributed by atoms with E-state index < -0.39 is 15.9 Å². The molecule has 2 N–H and O–H groups in total. The van der Waals surface area contributed by atoms with Gasteiger partial charge in [0.05, 0.1) is 10.6 Å². The summed E-state index contributed by atoms with van der Waals surface area (Å²) >= 11 is 0. The summed E-state index contributed by atoms with van der Waals surface area (Å²) in [6.07, 6.45) is 3.00. The Kier molecular flexibility index (Phi) is 6.48. The first kappa shape index (κ1) is 22.9. The van der Waals surface area contributed by atoms with E-state index in [4.69, 9.17) is 0 Å². The molecular formula is C23H26N4O5S. The van der Waals surface area contributed by atoms with Gasteiger partial charge in [-0.05, 0) is 61.7 Å². The molecule has 0 spiro atoms. The Morgan fingerprint density at radius 3 is 2.36 bits per heavy atom. The summed E-state index contributed by atoms with van der Waals surface area (Å²) < 4.78 is 27.7. The highest BCUT2D eigenvalue weighted by molar-refractivity contribution is 7.89. The van der Waals surface area contributed by atoms with Gasteiger partial charge in [-0.1, -0.05) is 12.5 Å². The number of benzene rings is 2. The number of hydrogen-bond donors (Lipinski definition) is 2. The lowest BCUT2D eigenvalue weighted by molar-refractivity contribution is -0.130. The van der Waals surface area contributed by atoms with Crippen molar-refractivity contribution in [1.29, 1.82) is 0 Å². The minimum Gasteiger partial charge on any atom is -0.322 e. The summed E-state index contributed by atoms with van der Waals surface area (Å²) in [6.45, 7) is 2.75. The molecule has 0 unspecified atom stereocenters. The van der Waals surface area contributed by atoms with Crippen LogP contribution in [0.2, 0.25) is 0 Å². The third-order valence-corrected chi connectivity index (χ3v) is 7.86. The van der Waals surface area contributed by atoms with Crippen molar-refractivity contribution in [2.24, 2.45) is 0 Å². The monoisotopic (exact) mass is 470 g/mol. The van der Waals surface area contributed by atoms with Crippen molar-refractivity contribution in [1.82, 2.24) is 9.73 Å². The molecule has 0 aromatic heterocycles. The first-order valence-corrected chi connectivity index (χ1v) is 12.3. The third-order valence-electron chi connectivity index (χ3n) is 5.82. The number of piperidine rings is 1. The molecule has 2 aromatic carbocycles. The lowest BCUT2D eigenvalue weighted by Gasteiger charge is -2.27. The van der Waals surface area contributed by atoms with Crippen LogP contribution in [0.5, 0.6) is 0 Å². The summed E-state index contributed by atoms with van der Waals surface area (Å²) in [4.78, 5) is 36.5. The molecule has 2 fully saturated rings. The number of hydrazine groups is 1. The van der Waals surface area contributed by atoms with Crippen LogP contribution in [0.3, 0.4) is 0 Å². The maximum absolute atomic E-state index is 13.1. The van der Waals surface area contributed by atoms with Gasteiger partial charge in [0.1, 0.15) is 0 Å². The van der Waals surface area contributed by atoms with Crippen LogP contribution in [0.15, 0.2) is 47.4 Å². The average Bonchev–Trinajstić information content (AvgIpc) is 2.82. The summed E-state index contributed by atoms with van der Waals surface area (Å²) in [6, 6.07) is 11.1. The fraction of sp³-hybridized carbons (Fsp3) is 0.348. The maximum Gasteiger partial charge on any atom is 0.255 e. The van der Waals surface area contributed by atoms with Gasteiger partial charge in [0.2, 0.25) is 21.8 Å². The summed E-state index contributed by atoms with van der Waals surface area (Å²) in [5.74, 6) is -0.888. The lowest BCUT2D eigenvalue weighted by Crippen LogP contribution is -2.50. The number of hydrogen-bond acceptors (Lipinski definition) is 5. The quantitative estimate of drug-likeness (QED) is 0.697. The van der Waals surface area contributed by atoms with Gasteiger partial charge in [0.15, 0.2) is 0 Å². The van der Waals surface area contributed by atoms with Crippen LogP contribution >= 0.6 is 0 Å². The molecule has 0 bridgehead atoms. The van der Waals surface area contributed by atoms with E-state index in [2.05, 4.69) is 10.7 Å². The van der Waals surface area contributed by atoms with Gasteiger partial charge in [0, 0.05) is 37.2 Å². The highest BCUT2D eigenvalue weighted by Crippen LogP contribution is 2.26. The molecule has 174 valence electrons. The van der Waals surface area contributed by atoms with E-state index in [-0.39, 0.29) is 29.6 Å². The Morgan fingerprint density at radius 1 is 0.970 bits per heavy atom. The summed E-state index contributed by atoms with van der Waals surface area (Å²) in [5, 5.41) is 3.92. The van der Waals surface area contributed by atoms with Crippen molar-refractivity contribution in [3.63, 3.8) is 0 Å². The molecule has 0 radical (unpaired) electrons. The van der Waals surface area contributed by atoms with E-state index >= 15 is 0 Å². The highest BCUT2D eigenvalue weighted by Gasteiger charge is 2.28. The first-order valence-electron chi connectivity index (χ1n) is 10.9. The topological polar surface area (TPSA) is 116 Å². The molecule has 0 aliphatic carbocycles. The maximum atomic E-state index is 13.1. The number of nitrogens with zero attached hydrogens (tertiary/aromatic N) is 2. The van der Waals surface area contributed by atoms with Crippen molar-refractivity contribution in [3.8, 4) is 0 Å². The predicted molar refractivity (Wildman–Crippen MR) is 123 cm³/mol. The van der Waals surface area contributed by atoms with Gasteiger partial charge in [-0.3, -0.25) is 19.8 Å². The Balaban J connectivity index is 1.50. The van der Waals surface area contributed by atoms with E-state index in [9.17, 15) is 22.8 Å². The smallest absolute Gasteiger partial charge is 0.255 e.